The van der Waals surface area contributed by atoms with Crippen LogP contribution < -0.4 is 5.73 Å². The Morgan fingerprint density at radius 1 is 1.06 bits per heavy atom. The maximum Gasteiger partial charge on any atom is 0.00559 e. The number of nitrogens with zero attached hydrogens (tertiary/aromatic N) is 1. The molecule has 0 aromatic rings. The van der Waals surface area contributed by atoms with Gasteiger partial charge in [0, 0.05) is 18.6 Å². The first-order valence-corrected chi connectivity index (χ1v) is 7.11. The van der Waals surface area contributed by atoms with Gasteiger partial charge in [0.1, 0.15) is 0 Å². The molecule has 0 aliphatic rings. The summed E-state index contributed by atoms with van der Waals surface area (Å²) in [6.07, 6.45) is 2.22. The number of nitrogens with two attached hydrogens (primary N) is 1. The van der Waals surface area contributed by atoms with Gasteiger partial charge in [0.15, 0.2) is 0 Å². The van der Waals surface area contributed by atoms with Crippen LogP contribution in [0.5, 0.6) is 0 Å². The van der Waals surface area contributed by atoms with E-state index in [2.05, 4.69) is 53.4 Å². The molecule has 0 spiro atoms. The minimum atomic E-state index is 0.336. The van der Waals surface area contributed by atoms with Gasteiger partial charge in [-0.15, -0.1) is 0 Å². The van der Waals surface area contributed by atoms with Crippen LogP contribution in [-0.4, -0.2) is 30.1 Å². The van der Waals surface area contributed by atoms with Crippen LogP contribution in [0.3, 0.4) is 0 Å². The summed E-state index contributed by atoms with van der Waals surface area (Å²) < 4.78 is 0. The van der Waals surface area contributed by atoms with E-state index in [0.717, 1.165) is 25.3 Å². The Morgan fingerprint density at radius 2 is 1.59 bits per heavy atom. The van der Waals surface area contributed by atoms with Crippen molar-refractivity contribution in [3.8, 4) is 0 Å². The van der Waals surface area contributed by atoms with Crippen molar-refractivity contribution < 1.29 is 0 Å². The molecule has 17 heavy (non-hydrogen) atoms. The van der Waals surface area contributed by atoms with Crippen molar-refractivity contribution in [1.82, 2.24) is 4.90 Å². The Hall–Kier alpha value is -0.0800. The lowest BCUT2D eigenvalue weighted by atomic mass is 9.87. The van der Waals surface area contributed by atoms with Crippen molar-refractivity contribution in [3.63, 3.8) is 0 Å². The lowest BCUT2D eigenvalue weighted by molar-refractivity contribution is 0.185. The summed E-state index contributed by atoms with van der Waals surface area (Å²) in [6, 6.07) is 0.961. The van der Waals surface area contributed by atoms with E-state index in [9.17, 15) is 0 Å². The molecule has 0 aliphatic heterocycles. The Kier molecular flexibility index (Phi) is 7.34. The van der Waals surface area contributed by atoms with Gasteiger partial charge < -0.3 is 10.6 Å². The molecule has 0 rings (SSSR count). The summed E-state index contributed by atoms with van der Waals surface area (Å²) in [5.41, 5.74) is 6.56. The van der Waals surface area contributed by atoms with E-state index in [1.807, 2.05) is 0 Å². The standard InChI is InChI=1S/C15H34N2/c1-12(2)11-17(13(3)4)9-8-14(16)10-15(5,6)7/h12-14H,8-11,16H2,1-7H3. The SMILES string of the molecule is CC(C)CN(CCC(N)CC(C)(C)C)C(C)C. The Balaban J connectivity index is 4.04. The van der Waals surface area contributed by atoms with Crippen molar-refractivity contribution in [2.75, 3.05) is 13.1 Å². The van der Waals surface area contributed by atoms with Gasteiger partial charge in [0.05, 0.1) is 0 Å². The highest BCUT2D eigenvalue weighted by Gasteiger charge is 2.17. The summed E-state index contributed by atoms with van der Waals surface area (Å²) >= 11 is 0. The highest BCUT2D eigenvalue weighted by molar-refractivity contribution is 4.74. The first kappa shape index (κ1) is 16.9. The van der Waals surface area contributed by atoms with Gasteiger partial charge in [-0.05, 0) is 44.6 Å². The molecule has 0 amide bonds. The summed E-state index contributed by atoms with van der Waals surface area (Å²) in [4.78, 5) is 2.55. The second-order valence-electron chi connectivity index (χ2n) is 7.30. The minimum Gasteiger partial charge on any atom is -0.328 e. The molecule has 1 atom stereocenters. The van der Waals surface area contributed by atoms with Gasteiger partial charge in [0.25, 0.3) is 0 Å². The van der Waals surface area contributed by atoms with Gasteiger partial charge in [-0.1, -0.05) is 34.6 Å². The van der Waals surface area contributed by atoms with Crippen LogP contribution in [0, 0.1) is 11.3 Å². The molecular formula is C15H34N2. The van der Waals surface area contributed by atoms with E-state index in [-0.39, 0.29) is 0 Å². The molecule has 0 aromatic carbocycles. The van der Waals surface area contributed by atoms with E-state index < -0.39 is 0 Å². The topological polar surface area (TPSA) is 29.3 Å². The van der Waals surface area contributed by atoms with Crippen LogP contribution in [0.25, 0.3) is 0 Å². The average molecular weight is 242 g/mol. The average Bonchev–Trinajstić information content (AvgIpc) is 2.08. The summed E-state index contributed by atoms with van der Waals surface area (Å²) in [7, 11) is 0. The largest absolute Gasteiger partial charge is 0.328 e. The third kappa shape index (κ3) is 9.61. The number of hydrogen-bond donors (Lipinski definition) is 1. The Labute approximate surface area is 109 Å². The van der Waals surface area contributed by atoms with E-state index in [1.54, 1.807) is 0 Å². The van der Waals surface area contributed by atoms with Crippen molar-refractivity contribution in [1.29, 1.82) is 0 Å². The Morgan fingerprint density at radius 3 is 1.94 bits per heavy atom. The van der Waals surface area contributed by atoms with E-state index in [1.165, 1.54) is 6.54 Å². The molecule has 2 N–H and O–H groups in total. The molecule has 2 heteroatoms. The van der Waals surface area contributed by atoms with Crippen LogP contribution in [0.4, 0.5) is 0 Å². The van der Waals surface area contributed by atoms with Crippen LogP contribution in [-0.2, 0) is 0 Å². The fourth-order valence-corrected chi connectivity index (χ4v) is 2.25. The lowest BCUT2D eigenvalue weighted by Gasteiger charge is -2.30. The highest BCUT2D eigenvalue weighted by Crippen LogP contribution is 2.21. The predicted molar refractivity (Wildman–Crippen MR) is 78.2 cm³/mol. The van der Waals surface area contributed by atoms with Crippen molar-refractivity contribution in [2.45, 2.75) is 73.4 Å². The first-order valence-electron chi connectivity index (χ1n) is 7.11. The molecule has 0 saturated carbocycles. The normalized spacial score (nSPS) is 15.0. The molecule has 104 valence electrons. The zero-order valence-corrected chi connectivity index (χ0v) is 13.1. The quantitative estimate of drug-likeness (QED) is 0.740. The summed E-state index contributed by atoms with van der Waals surface area (Å²) in [6.45, 7) is 18.2. The van der Waals surface area contributed by atoms with Gasteiger partial charge in [-0.2, -0.15) is 0 Å². The predicted octanol–water partition coefficient (Wildman–Crippen LogP) is 3.51. The summed E-state index contributed by atoms with van der Waals surface area (Å²) in [5, 5.41) is 0. The second kappa shape index (κ2) is 7.38. The van der Waals surface area contributed by atoms with Gasteiger partial charge in [-0.3, -0.25) is 0 Å². The fraction of sp³-hybridized carbons (Fsp3) is 1.00. The zero-order chi connectivity index (χ0) is 13.6. The Bertz CT molecular complexity index is 192. The first-order chi connectivity index (χ1) is 7.61. The maximum atomic E-state index is 6.21. The molecule has 0 bridgehead atoms. The molecule has 0 aliphatic carbocycles. The monoisotopic (exact) mass is 242 g/mol. The van der Waals surface area contributed by atoms with Gasteiger partial charge in [-0.25, -0.2) is 0 Å². The number of rotatable bonds is 7. The molecule has 0 aromatic heterocycles. The third-order valence-corrected chi connectivity index (χ3v) is 2.99. The molecule has 2 nitrogen and oxygen atoms in total. The lowest BCUT2D eigenvalue weighted by Crippen LogP contribution is -2.38. The smallest absolute Gasteiger partial charge is 0.00559 e. The van der Waals surface area contributed by atoms with E-state index in [0.29, 0.717) is 17.5 Å². The third-order valence-electron chi connectivity index (χ3n) is 2.99. The van der Waals surface area contributed by atoms with Crippen LogP contribution in [0.15, 0.2) is 0 Å². The molecule has 0 radical (unpaired) electrons. The van der Waals surface area contributed by atoms with E-state index in [4.69, 9.17) is 5.73 Å². The van der Waals surface area contributed by atoms with Crippen molar-refractivity contribution >= 4 is 0 Å². The summed E-state index contributed by atoms with van der Waals surface area (Å²) in [5.74, 6) is 0.733. The number of hydrogen-bond acceptors (Lipinski definition) is 2. The van der Waals surface area contributed by atoms with Crippen LogP contribution in [0.1, 0.15) is 61.3 Å². The van der Waals surface area contributed by atoms with Crippen molar-refractivity contribution in [3.05, 3.63) is 0 Å². The fourth-order valence-electron chi connectivity index (χ4n) is 2.25. The molecule has 1 unspecified atom stereocenters. The van der Waals surface area contributed by atoms with Gasteiger partial charge >= 0.3 is 0 Å². The molecular weight excluding hydrogens is 208 g/mol. The molecule has 0 saturated heterocycles. The van der Waals surface area contributed by atoms with Crippen LogP contribution in [0.2, 0.25) is 0 Å². The zero-order valence-electron chi connectivity index (χ0n) is 13.1. The van der Waals surface area contributed by atoms with Crippen LogP contribution >= 0.6 is 0 Å². The maximum absolute atomic E-state index is 6.21. The molecule has 0 heterocycles. The molecule has 0 fully saturated rings. The van der Waals surface area contributed by atoms with E-state index >= 15 is 0 Å². The highest BCUT2D eigenvalue weighted by atomic mass is 15.1. The second-order valence-corrected chi connectivity index (χ2v) is 7.30. The minimum absolute atomic E-state index is 0.336. The van der Waals surface area contributed by atoms with Gasteiger partial charge in [0.2, 0.25) is 0 Å². The van der Waals surface area contributed by atoms with Crippen molar-refractivity contribution in [2.24, 2.45) is 17.1 Å².